The summed E-state index contributed by atoms with van der Waals surface area (Å²) in [6, 6.07) is 17.1. The van der Waals surface area contributed by atoms with Gasteiger partial charge in [-0.3, -0.25) is 0 Å². The molecule has 0 amide bonds. The van der Waals surface area contributed by atoms with Crippen LogP contribution < -0.4 is 4.74 Å². The van der Waals surface area contributed by atoms with Crippen molar-refractivity contribution >= 4 is 11.8 Å². The van der Waals surface area contributed by atoms with Gasteiger partial charge in [0.15, 0.2) is 0 Å². The van der Waals surface area contributed by atoms with Crippen LogP contribution in [0.25, 0.3) is 0 Å². The summed E-state index contributed by atoms with van der Waals surface area (Å²) in [7, 11) is 0. The van der Waals surface area contributed by atoms with Crippen LogP contribution in [0, 0.1) is 0 Å². The first kappa shape index (κ1) is 14.5. The highest BCUT2D eigenvalue weighted by molar-refractivity contribution is 8.00. The number of rotatable bonds is 3. The zero-order chi connectivity index (χ0) is 14.9. The monoisotopic (exact) mass is 298 g/mol. The van der Waals surface area contributed by atoms with E-state index in [4.69, 9.17) is 4.74 Å². The highest BCUT2D eigenvalue weighted by Gasteiger charge is 2.24. The minimum Gasteiger partial charge on any atom is -0.492 e. The SMILES string of the molecule is CC(C)(C)c1ccccc1OCC1Cc2ccccc2S1. The van der Waals surface area contributed by atoms with E-state index in [1.165, 1.54) is 16.0 Å². The minimum atomic E-state index is 0.113. The second-order valence-electron chi connectivity index (χ2n) is 6.61. The summed E-state index contributed by atoms with van der Waals surface area (Å²) in [5.41, 5.74) is 2.85. The Kier molecular flexibility index (Phi) is 3.99. The van der Waals surface area contributed by atoms with Crippen molar-refractivity contribution in [2.45, 2.75) is 42.8 Å². The Morgan fingerprint density at radius 3 is 2.52 bits per heavy atom. The summed E-state index contributed by atoms with van der Waals surface area (Å²) in [4.78, 5) is 1.41. The molecule has 21 heavy (non-hydrogen) atoms. The van der Waals surface area contributed by atoms with Gasteiger partial charge in [0, 0.05) is 10.1 Å². The molecule has 1 heterocycles. The van der Waals surface area contributed by atoms with Crippen LogP contribution in [-0.4, -0.2) is 11.9 Å². The molecule has 2 heteroatoms. The predicted molar refractivity (Wildman–Crippen MR) is 90.4 cm³/mol. The van der Waals surface area contributed by atoms with Crippen LogP contribution in [0.15, 0.2) is 53.4 Å². The summed E-state index contributed by atoms with van der Waals surface area (Å²) in [5, 5.41) is 0.524. The molecule has 110 valence electrons. The van der Waals surface area contributed by atoms with E-state index in [-0.39, 0.29) is 5.41 Å². The average molecular weight is 298 g/mol. The molecule has 0 fully saturated rings. The lowest BCUT2D eigenvalue weighted by Gasteiger charge is -2.23. The lowest BCUT2D eigenvalue weighted by atomic mass is 9.86. The third kappa shape index (κ3) is 3.26. The predicted octanol–water partition coefficient (Wildman–Crippen LogP) is 5.08. The molecule has 0 radical (unpaired) electrons. The zero-order valence-electron chi connectivity index (χ0n) is 12.9. The van der Waals surface area contributed by atoms with Crippen molar-refractivity contribution in [3.63, 3.8) is 0 Å². The summed E-state index contributed by atoms with van der Waals surface area (Å²) >= 11 is 1.94. The van der Waals surface area contributed by atoms with Crippen LogP contribution in [-0.2, 0) is 11.8 Å². The number of hydrogen-bond donors (Lipinski definition) is 0. The van der Waals surface area contributed by atoms with Gasteiger partial charge in [-0.2, -0.15) is 0 Å². The van der Waals surface area contributed by atoms with E-state index in [2.05, 4.69) is 69.3 Å². The summed E-state index contributed by atoms with van der Waals surface area (Å²) in [6.07, 6.45) is 1.11. The van der Waals surface area contributed by atoms with E-state index >= 15 is 0 Å². The van der Waals surface area contributed by atoms with Gasteiger partial charge >= 0.3 is 0 Å². The number of thioether (sulfide) groups is 1. The van der Waals surface area contributed by atoms with Gasteiger partial charge < -0.3 is 4.74 Å². The number of benzene rings is 2. The smallest absolute Gasteiger partial charge is 0.123 e. The Morgan fingerprint density at radius 1 is 1.05 bits per heavy atom. The van der Waals surface area contributed by atoms with Crippen molar-refractivity contribution in [2.75, 3.05) is 6.61 Å². The first-order valence-electron chi connectivity index (χ1n) is 7.51. The van der Waals surface area contributed by atoms with Crippen LogP contribution >= 0.6 is 11.8 Å². The number of para-hydroxylation sites is 1. The fraction of sp³-hybridized carbons (Fsp3) is 0.368. The standard InChI is InChI=1S/C19H22OS/c1-19(2,3)16-9-5-6-10-17(16)20-13-15-12-14-8-4-7-11-18(14)21-15/h4-11,15H,12-13H2,1-3H3. The van der Waals surface area contributed by atoms with Gasteiger partial charge in [-0.1, -0.05) is 57.2 Å². The average Bonchev–Trinajstić information content (AvgIpc) is 2.87. The summed E-state index contributed by atoms with van der Waals surface area (Å²) < 4.78 is 6.16. The van der Waals surface area contributed by atoms with E-state index < -0.39 is 0 Å². The molecule has 0 aromatic heterocycles. The maximum Gasteiger partial charge on any atom is 0.123 e. The third-order valence-corrected chi connectivity index (χ3v) is 5.12. The number of ether oxygens (including phenoxy) is 1. The molecule has 2 aromatic rings. The molecule has 1 aliphatic heterocycles. The molecule has 1 aliphatic rings. The van der Waals surface area contributed by atoms with Crippen molar-refractivity contribution in [3.8, 4) is 5.75 Å². The number of fused-ring (bicyclic) bond motifs is 1. The second-order valence-corrected chi connectivity index (χ2v) is 7.95. The van der Waals surface area contributed by atoms with Gasteiger partial charge in [0.1, 0.15) is 12.4 Å². The molecule has 0 saturated heterocycles. The highest BCUT2D eigenvalue weighted by Crippen LogP contribution is 2.37. The van der Waals surface area contributed by atoms with Crippen LogP contribution in [0.5, 0.6) is 5.75 Å². The summed E-state index contributed by atoms with van der Waals surface area (Å²) in [6.45, 7) is 7.46. The van der Waals surface area contributed by atoms with Crippen molar-refractivity contribution in [1.29, 1.82) is 0 Å². The molecule has 1 atom stereocenters. The van der Waals surface area contributed by atoms with Crippen molar-refractivity contribution in [1.82, 2.24) is 0 Å². The Labute approximate surface area is 131 Å². The highest BCUT2D eigenvalue weighted by atomic mass is 32.2. The van der Waals surface area contributed by atoms with Crippen LogP contribution in [0.2, 0.25) is 0 Å². The van der Waals surface area contributed by atoms with Crippen LogP contribution in [0.3, 0.4) is 0 Å². The van der Waals surface area contributed by atoms with E-state index in [9.17, 15) is 0 Å². The lowest BCUT2D eigenvalue weighted by Crippen LogP contribution is -2.17. The molecule has 0 aliphatic carbocycles. The second kappa shape index (κ2) is 5.76. The first-order chi connectivity index (χ1) is 10.0. The van der Waals surface area contributed by atoms with Crippen molar-refractivity contribution < 1.29 is 4.74 Å². The van der Waals surface area contributed by atoms with Crippen molar-refractivity contribution in [2.24, 2.45) is 0 Å². The molecule has 0 bridgehead atoms. The topological polar surface area (TPSA) is 9.23 Å². The van der Waals surface area contributed by atoms with Gasteiger partial charge in [-0.05, 0) is 35.1 Å². The van der Waals surface area contributed by atoms with Crippen LogP contribution in [0.1, 0.15) is 31.9 Å². The zero-order valence-corrected chi connectivity index (χ0v) is 13.7. The van der Waals surface area contributed by atoms with Gasteiger partial charge in [-0.25, -0.2) is 0 Å². The maximum atomic E-state index is 6.16. The molecule has 2 aromatic carbocycles. The van der Waals surface area contributed by atoms with Gasteiger partial charge in [-0.15, -0.1) is 11.8 Å². The normalized spacial score (nSPS) is 17.6. The van der Waals surface area contributed by atoms with E-state index in [1.807, 2.05) is 11.8 Å². The summed E-state index contributed by atoms with van der Waals surface area (Å²) in [5.74, 6) is 1.03. The van der Waals surface area contributed by atoms with E-state index in [0.29, 0.717) is 5.25 Å². The molecule has 1 unspecified atom stereocenters. The van der Waals surface area contributed by atoms with Gasteiger partial charge in [0.05, 0.1) is 0 Å². The molecule has 1 nitrogen and oxygen atoms in total. The largest absolute Gasteiger partial charge is 0.492 e. The number of hydrogen-bond acceptors (Lipinski definition) is 2. The third-order valence-electron chi connectivity index (χ3n) is 3.83. The van der Waals surface area contributed by atoms with Crippen molar-refractivity contribution in [3.05, 3.63) is 59.7 Å². The molecular weight excluding hydrogens is 276 g/mol. The van der Waals surface area contributed by atoms with Gasteiger partial charge in [0.25, 0.3) is 0 Å². The minimum absolute atomic E-state index is 0.113. The van der Waals surface area contributed by atoms with Gasteiger partial charge in [0.2, 0.25) is 0 Å². The molecule has 3 rings (SSSR count). The van der Waals surface area contributed by atoms with Crippen LogP contribution in [0.4, 0.5) is 0 Å². The first-order valence-corrected chi connectivity index (χ1v) is 8.39. The molecule has 0 spiro atoms. The maximum absolute atomic E-state index is 6.16. The Morgan fingerprint density at radius 2 is 1.76 bits per heavy atom. The molecule has 0 saturated carbocycles. The quantitative estimate of drug-likeness (QED) is 0.781. The fourth-order valence-electron chi connectivity index (χ4n) is 2.74. The Bertz CT molecular complexity index is 602. The fourth-order valence-corrected chi connectivity index (χ4v) is 3.96. The Hall–Kier alpha value is -1.41. The lowest BCUT2D eigenvalue weighted by molar-refractivity contribution is 0.309. The van der Waals surface area contributed by atoms with E-state index in [0.717, 1.165) is 18.8 Å². The Balaban J connectivity index is 1.68. The van der Waals surface area contributed by atoms with E-state index in [1.54, 1.807) is 0 Å². The molecule has 0 N–H and O–H groups in total. The molecular formula is C19H22OS.